The van der Waals surface area contributed by atoms with Crippen LogP contribution in [0.5, 0.6) is 0 Å². The fourth-order valence-corrected chi connectivity index (χ4v) is 1.80. The van der Waals surface area contributed by atoms with Crippen molar-refractivity contribution in [3.63, 3.8) is 0 Å². The van der Waals surface area contributed by atoms with Gasteiger partial charge in [0.05, 0.1) is 0 Å². The zero-order chi connectivity index (χ0) is 11.8. The minimum absolute atomic E-state index is 0.0864. The summed E-state index contributed by atoms with van der Waals surface area (Å²) in [7, 11) is 0. The lowest BCUT2D eigenvalue weighted by Crippen LogP contribution is -2.53. The normalized spacial score (nSPS) is 24.1. The van der Waals surface area contributed by atoms with Gasteiger partial charge >= 0.3 is 5.97 Å². The van der Waals surface area contributed by atoms with Crippen molar-refractivity contribution in [2.45, 2.75) is 38.1 Å². The van der Waals surface area contributed by atoms with Gasteiger partial charge in [0.1, 0.15) is 5.54 Å². The summed E-state index contributed by atoms with van der Waals surface area (Å²) in [6.07, 6.45) is 7.39. The molecule has 0 radical (unpaired) electrons. The molecule has 2 saturated carbocycles. The summed E-state index contributed by atoms with van der Waals surface area (Å²) >= 11 is 0. The Bertz CT molecular complexity index is 342. The monoisotopic (exact) mass is 223 g/mol. The Hall–Kier alpha value is -1.32. The third-order valence-corrected chi connectivity index (χ3v) is 3.36. The highest BCUT2D eigenvalue weighted by Gasteiger charge is 2.48. The number of carboxylic acid groups (broad SMARTS) is 1. The first-order chi connectivity index (χ1) is 7.52. The fraction of sp³-hybridized carbons (Fsp3) is 0.667. The van der Waals surface area contributed by atoms with E-state index in [-0.39, 0.29) is 11.8 Å². The van der Waals surface area contributed by atoms with E-state index in [0.717, 1.165) is 25.7 Å². The van der Waals surface area contributed by atoms with E-state index in [1.54, 1.807) is 6.92 Å². The molecule has 4 heteroatoms. The Kier molecular flexibility index (Phi) is 2.74. The van der Waals surface area contributed by atoms with Gasteiger partial charge in [0.15, 0.2) is 0 Å². The zero-order valence-corrected chi connectivity index (χ0v) is 9.40. The molecular formula is C12H17NO3. The first-order valence-electron chi connectivity index (χ1n) is 5.76. The van der Waals surface area contributed by atoms with E-state index < -0.39 is 11.5 Å². The van der Waals surface area contributed by atoms with Crippen molar-refractivity contribution in [3.8, 4) is 0 Å². The Balaban J connectivity index is 1.94. The molecule has 0 spiro atoms. The number of nitrogens with one attached hydrogen (secondary N) is 1. The Morgan fingerprint density at radius 3 is 2.38 bits per heavy atom. The summed E-state index contributed by atoms with van der Waals surface area (Å²) in [5.74, 6) is -0.613. The first-order valence-corrected chi connectivity index (χ1v) is 5.76. The van der Waals surface area contributed by atoms with Gasteiger partial charge < -0.3 is 10.4 Å². The number of allylic oxidation sites excluding steroid dienone is 1. The molecule has 2 rings (SSSR count). The van der Waals surface area contributed by atoms with Gasteiger partial charge in [-0.3, -0.25) is 4.79 Å². The largest absolute Gasteiger partial charge is 0.480 e. The molecule has 0 aromatic carbocycles. The first kappa shape index (κ1) is 11.2. The van der Waals surface area contributed by atoms with Gasteiger partial charge in [-0.1, -0.05) is 6.08 Å². The van der Waals surface area contributed by atoms with Gasteiger partial charge in [0.25, 0.3) is 0 Å². The molecule has 1 atom stereocenters. The molecule has 0 aromatic heterocycles. The van der Waals surface area contributed by atoms with E-state index in [1.165, 1.54) is 6.08 Å². The van der Waals surface area contributed by atoms with Gasteiger partial charge in [-0.25, -0.2) is 4.79 Å². The van der Waals surface area contributed by atoms with Crippen molar-refractivity contribution < 1.29 is 14.7 Å². The molecule has 0 bridgehead atoms. The van der Waals surface area contributed by atoms with Crippen LogP contribution >= 0.6 is 0 Å². The van der Waals surface area contributed by atoms with Crippen molar-refractivity contribution in [2.24, 2.45) is 11.8 Å². The second-order valence-electron chi connectivity index (χ2n) is 4.97. The third kappa shape index (κ3) is 2.43. The Morgan fingerprint density at radius 1 is 1.31 bits per heavy atom. The maximum Gasteiger partial charge on any atom is 0.329 e. The van der Waals surface area contributed by atoms with Crippen molar-refractivity contribution in [3.05, 3.63) is 12.2 Å². The number of carbonyl (C=O) groups excluding carboxylic acids is 1. The fourth-order valence-electron chi connectivity index (χ4n) is 1.80. The van der Waals surface area contributed by atoms with Crippen LogP contribution in [0.4, 0.5) is 0 Å². The summed E-state index contributed by atoms with van der Waals surface area (Å²) in [6.45, 7) is 1.59. The van der Waals surface area contributed by atoms with Crippen LogP contribution in [0.2, 0.25) is 0 Å². The Labute approximate surface area is 94.7 Å². The number of hydrogen-bond donors (Lipinski definition) is 2. The van der Waals surface area contributed by atoms with Crippen LogP contribution in [0.15, 0.2) is 12.2 Å². The molecule has 88 valence electrons. The average Bonchev–Trinajstić information content (AvgIpc) is 3.04. The lowest BCUT2D eigenvalue weighted by molar-refractivity contribution is -0.147. The average molecular weight is 223 g/mol. The number of hydrogen-bond acceptors (Lipinski definition) is 2. The molecule has 1 amide bonds. The second-order valence-corrected chi connectivity index (χ2v) is 4.97. The highest BCUT2D eigenvalue weighted by atomic mass is 16.4. The topological polar surface area (TPSA) is 66.4 Å². The standard InChI is InChI=1S/C12H17NO3/c1-12(11(15)16,9-5-6-9)13-10(14)7-4-8-2-3-8/h4,7-9H,2-3,5-6H2,1H3,(H,13,14)(H,15,16)/b7-4+. The van der Waals surface area contributed by atoms with Crippen LogP contribution < -0.4 is 5.32 Å². The Morgan fingerprint density at radius 2 is 1.94 bits per heavy atom. The van der Waals surface area contributed by atoms with Gasteiger partial charge in [0.2, 0.25) is 5.91 Å². The minimum Gasteiger partial charge on any atom is -0.480 e. The molecule has 0 heterocycles. The van der Waals surface area contributed by atoms with E-state index in [0.29, 0.717) is 5.92 Å². The number of carboxylic acids is 1. The smallest absolute Gasteiger partial charge is 0.329 e. The summed E-state index contributed by atoms with van der Waals surface area (Å²) in [5.41, 5.74) is -1.09. The third-order valence-electron chi connectivity index (χ3n) is 3.36. The predicted octanol–water partition coefficient (Wildman–Crippen LogP) is 1.32. The maximum atomic E-state index is 11.6. The van der Waals surface area contributed by atoms with Crippen LogP contribution in [0.25, 0.3) is 0 Å². The highest BCUT2D eigenvalue weighted by molar-refractivity contribution is 5.93. The van der Waals surface area contributed by atoms with Crippen LogP contribution in [0, 0.1) is 11.8 Å². The number of rotatable bonds is 5. The summed E-state index contributed by atoms with van der Waals surface area (Å²) in [5, 5.41) is 11.8. The molecular weight excluding hydrogens is 206 g/mol. The van der Waals surface area contributed by atoms with E-state index in [4.69, 9.17) is 5.11 Å². The molecule has 0 aliphatic heterocycles. The molecule has 4 nitrogen and oxygen atoms in total. The van der Waals surface area contributed by atoms with Crippen molar-refractivity contribution in [1.82, 2.24) is 5.32 Å². The van der Waals surface area contributed by atoms with Crippen LogP contribution in [-0.2, 0) is 9.59 Å². The molecule has 2 N–H and O–H groups in total. The summed E-state index contributed by atoms with van der Waals surface area (Å²) in [4.78, 5) is 22.7. The lowest BCUT2D eigenvalue weighted by Gasteiger charge is -2.25. The SMILES string of the molecule is CC(NC(=O)/C=C/C1CC1)(C(=O)O)C1CC1. The van der Waals surface area contributed by atoms with Crippen LogP contribution in [-0.4, -0.2) is 22.5 Å². The van der Waals surface area contributed by atoms with E-state index in [9.17, 15) is 9.59 Å². The van der Waals surface area contributed by atoms with Crippen molar-refractivity contribution in [2.75, 3.05) is 0 Å². The molecule has 2 aliphatic carbocycles. The van der Waals surface area contributed by atoms with Crippen molar-refractivity contribution >= 4 is 11.9 Å². The number of aliphatic carboxylic acids is 1. The molecule has 2 aliphatic rings. The molecule has 2 fully saturated rings. The van der Waals surface area contributed by atoms with Gasteiger partial charge in [-0.2, -0.15) is 0 Å². The zero-order valence-electron chi connectivity index (χ0n) is 9.40. The second kappa shape index (κ2) is 3.92. The summed E-state index contributed by atoms with van der Waals surface area (Å²) < 4.78 is 0. The molecule has 0 aromatic rings. The predicted molar refractivity (Wildman–Crippen MR) is 58.8 cm³/mol. The van der Waals surface area contributed by atoms with Crippen LogP contribution in [0.3, 0.4) is 0 Å². The summed E-state index contributed by atoms with van der Waals surface area (Å²) in [6, 6.07) is 0. The van der Waals surface area contributed by atoms with Gasteiger partial charge in [-0.15, -0.1) is 0 Å². The molecule has 1 unspecified atom stereocenters. The van der Waals surface area contributed by atoms with E-state index >= 15 is 0 Å². The maximum absolute atomic E-state index is 11.6. The number of amides is 1. The van der Waals surface area contributed by atoms with E-state index in [1.807, 2.05) is 6.08 Å². The van der Waals surface area contributed by atoms with Crippen LogP contribution in [0.1, 0.15) is 32.6 Å². The van der Waals surface area contributed by atoms with Crippen molar-refractivity contribution in [1.29, 1.82) is 0 Å². The highest BCUT2D eigenvalue weighted by Crippen LogP contribution is 2.39. The van der Waals surface area contributed by atoms with Gasteiger partial charge in [-0.05, 0) is 50.5 Å². The molecule has 0 saturated heterocycles. The van der Waals surface area contributed by atoms with Gasteiger partial charge in [0, 0.05) is 0 Å². The lowest BCUT2D eigenvalue weighted by atomic mass is 9.96. The quantitative estimate of drug-likeness (QED) is 0.691. The minimum atomic E-state index is -1.09. The number of carbonyl (C=O) groups is 2. The molecule has 16 heavy (non-hydrogen) atoms. The van der Waals surface area contributed by atoms with E-state index in [2.05, 4.69) is 5.32 Å².